The zero-order chi connectivity index (χ0) is 27.0. The highest BCUT2D eigenvalue weighted by atomic mass is 32.1. The Kier molecular flexibility index (Phi) is 5.02. The Balaban J connectivity index is 1.86. The summed E-state index contributed by atoms with van der Waals surface area (Å²) in [6.45, 7) is 4.65. The Morgan fingerprint density at radius 1 is 1.00 bits per heavy atom. The van der Waals surface area contributed by atoms with Crippen LogP contribution in [0.15, 0.2) is 48.5 Å². The lowest BCUT2D eigenvalue weighted by Crippen LogP contribution is -2.65. The topological polar surface area (TPSA) is 127 Å². The first-order chi connectivity index (χ1) is 17.4. The molecule has 2 aromatic carbocycles. The van der Waals surface area contributed by atoms with Gasteiger partial charge in [0, 0.05) is 24.0 Å². The number of esters is 1. The second-order valence-corrected chi connectivity index (χ2v) is 10.7. The highest BCUT2D eigenvalue weighted by molar-refractivity contribution is 7.80. The number of rotatable bonds is 2. The van der Waals surface area contributed by atoms with Crippen molar-refractivity contribution < 1.29 is 19.1 Å². The van der Waals surface area contributed by atoms with E-state index in [-0.39, 0.29) is 10.6 Å². The molecule has 0 unspecified atom stereocenters. The van der Waals surface area contributed by atoms with Gasteiger partial charge in [0.2, 0.25) is 11.3 Å². The van der Waals surface area contributed by atoms with Crippen LogP contribution in [-0.2, 0) is 30.1 Å². The smallest absolute Gasteiger partial charge is 0.326 e. The van der Waals surface area contributed by atoms with Gasteiger partial charge in [-0.3, -0.25) is 19.3 Å². The molecule has 3 aliphatic heterocycles. The third-order valence-electron chi connectivity index (χ3n) is 7.27. The van der Waals surface area contributed by atoms with E-state index in [0.717, 1.165) is 0 Å². The second-order valence-electron chi connectivity index (χ2n) is 10.3. The van der Waals surface area contributed by atoms with Crippen LogP contribution in [0.3, 0.4) is 0 Å². The van der Waals surface area contributed by atoms with Crippen molar-refractivity contribution in [1.29, 1.82) is 10.5 Å². The third-order valence-corrected chi connectivity index (χ3v) is 7.68. The fourth-order valence-corrected chi connectivity index (χ4v) is 6.38. The first-order valence-corrected chi connectivity index (χ1v) is 12.0. The Bertz CT molecular complexity index is 1490. The van der Waals surface area contributed by atoms with Crippen LogP contribution in [0, 0.1) is 28.1 Å². The van der Waals surface area contributed by atoms with Gasteiger partial charge in [0.05, 0.1) is 12.1 Å². The molecule has 2 atom stereocenters. The molecule has 3 heterocycles. The van der Waals surface area contributed by atoms with Crippen LogP contribution in [-0.4, -0.2) is 42.0 Å². The van der Waals surface area contributed by atoms with Crippen molar-refractivity contribution >= 4 is 46.4 Å². The van der Waals surface area contributed by atoms with E-state index in [9.17, 15) is 24.9 Å². The number of nitrogens with one attached hydrogen (secondary N) is 1. The fraction of sp³-hybridized carbons (Fsp3) is 0.333. The van der Waals surface area contributed by atoms with Crippen molar-refractivity contribution in [2.45, 2.75) is 37.3 Å². The van der Waals surface area contributed by atoms with Gasteiger partial charge < -0.3 is 15.0 Å². The van der Waals surface area contributed by atoms with Gasteiger partial charge in [-0.05, 0) is 38.5 Å². The summed E-state index contributed by atoms with van der Waals surface area (Å²) in [5.74, 6) is -1.97. The van der Waals surface area contributed by atoms with Gasteiger partial charge in [-0.15, -0.1) is 0 Å². The summed E-state index contributed by atoms with van der Waals surface area (Å²) < 4.78 is 5.47. The molecule has 2 spiro atoms. The van der Waals surface area contributed by atoms with Crippen molar-refractivity contribution in [3.63, 3.8) is 0 Å². The van der Waals surface area contributed by atoms with Crippen LogP contribution in [0.2, 0.25) is 0 Å². The van der Waals surface area contributed by atoms with Gasteiger partial charge >= 0.3 is 5.97 Å². The summed E-state index contributed by atoms with van der Waals surface area (Å²) in [4.78, 5) is 44.2. The predicted octanol–water partition coefficient (Wildman–Crippen LogP) is 2.45. The average molecular weight is 514 g/mol. The van der Waals surface area contributed by atoms with Crippen LogP contribution in [0.1, 0.15) is 31.9 Å². The minimum Gasteiger partial charge on any atom is -0.459 e. The highest BCUT2D eigenvalue weighted by Gasteiger charge is 2.84. The van der Waals surface area contributed by atoms with Crippen molar-refractivity contribution in [2.75, 3.05) is 23.4 Å². The van der Waals surface area contributed by atoms with Gasteiger partial charge in [-0.1, -0.05) is 48.6 Å². The molecule has 0 radical (unpaired) electrons. The molecule has 1 N–H and O–H groups in total. The summed E-state index contributed by atoms with van der Waals surface area (Å²) in [7, 11) is 1.57. The third kappa shape index (κ3) is 2.71. The number of para-hydroxylation sites is 2. The Morgan fingerprint density at radius 3 is 2.16 bits per heavy atom. The van der Waals surface area contributed by atoms with E-state index in [1.165, 1.54) is 9.80 Å². The zero-order valence-corrected chi connectivity index (χ0v) is 21.5. The summed E-state index contributed by atoms with van der Waals surface area (Å²) in [6.07, 6.45) is 0. The maximum atomic E-state index is 14.7. The average Bonchev–Trinajstić information content (AvgIpc) is 3.33. The summed E-state index contributed by atoms with van der Waals surface area (Å²) >= 11 is 5.58. The first-order valence-electron chi connectivity index (χ1n) is 11.6. The van der Waals surface area contributed by atoms with E-state index in [2.05, 4.69) is 5.32 Å². The number of amides is 2. The van der Waals surface area contributed by atoms with E-state index in [1.807, 2.05) is 12.1 Å². The van der Waals surface area contributed by atoms with Crippen molar-refractivity contribution in [3.8, 4) is 12.1 Å². The monoisotopic (exact) mass is 513 g/mol. The number of anilines is 2. The van der Waals surface area contributed by atoms with Crippen LogP contribution >= 0.6 is 12.2 Å². The van der Waals surface area contributed by atoms with Gasteiger partial charge in [-0.25, -0.2) is 0 Å². The summed E-state index contributed by atoms with van der Waals surface area (Å²) in [5.41, 5.74) is -5.55. The molecule has 0 aromatic heterocycles. The molecule has 0 aliphatic carbocycles. The Morgan fingerprint density at radius 2 is 1.57 bits per heavy atom. The normalized spacial score (nSPS) is 25.1. The van der Waals surface area contributed by atoms with Crippen molar-refractivity contribution in [1.82, 2.24) is 5.32 Å². The van der Waals surface area contributed by atoms with Crippen LogP contribution in [0.25, 0.3) is 0 Å². The van der Waals surface area contributed by atoms with Gasteiger partial charge in [0.25, 0.3) is 5.91 Å². The Hall–Kier alpha value is -4.28. The molecule has 3 aliphatic rings. The molecule has 186 valence electrons. The second kappa shape index (κ2) is 7.61. The SMILES string of the molecule is CN1C(=O)[C@]2(NC(=S)C(C#N)(C#N)[C@]23C(=O)N(CC(=O)OC(C)(C)C)c2ccccc23)c2ccccc21. The zero-order valence-electron chi connectivity index (χ0n) is 20.7. The summed E-state index contributed by atoms with van der Waals surface area (Å²) in [6, 6.07) is 17.5. The number of benzene rings is 2. The molecular weight excluding hydrogens is 490 g/mol. The fourth-order valence-electron chi connectivity index (χ4n) is 5.98. The molecule has 37 heavy (non-hydrogen) atoms. The number of carbonyl (C=O) groups excluding carboxylic acids is 3. The molecule has 2 aromatic rings. The number of thiocarbonyl (C=S) groups is 1. The maximum absolute atomic E-state index is 14.7. The number of nitrogens with zero attached hydrogens (tertiary/aromatic N) is 4. The number of hydrogen-bond acceptors (Lipinski definition) is 7. The number of nitriles is 2. The van der Waals surface area contributed by atoms with Crippen molar-refractivity contribution in [3.05, 3.63) is 59.7 Å². The van der Waals surface area contributed by atoms with Gasteiger partial charge in [-0.2, -0.15) is 10.5 Å². The lowest BCUT2D eigenvalue weighted by Gasteiger charge is -2.41. The number of hydrogen-bond donors (Lipinski definition) is 1. The molecule has 1 fully saturated rings. The number of ether oxygens (including phenoxy) is 1. The molecule has 10 heteroatoms. The van der Waals surface area contributed by atoms with E-state index in [0.29, 0.717) is 16.9 Å². The first kappa shape index (κ1) is 24.4. The number of fused-ring (bicyclic) bond motifs is 5. The molecule has 9 nitrogen and oxygen atoms in total. The van der Waals surface area contributed by atoms with Gasteiger partial charge in [0.15, 0.2) is 11.0 Å². The molecule has 5 rings (SSSR count). The van der Waals surface area contributed by atoms with E-state index < -0.39 is 46.3 Å². The van der Waals surface area contributed by atoms with E-state index in [1.54, 1.807) is 76.3 Å². The molecule has 1 saturated heterocycles. The molecule has 2 amide bonds. The lowest BCUT2D eigenvalue weighted by molar-refractivity contribution is -0.153. The van der Waals surface area contributed by atoms with E-state index >= 15 is 0 Å². The van der Waals surface area contributed by atoms with E-state index in [4.69, 9.17) is 17.0 Å². The Labute approximate surface area is 219 Å². The molecular formula is C27H23N5O4S. The molecule has 0 bridgehead atoms. The maximum Gasteiger partial charge on any atom is 0.326 e. The predicted molar refractivity (Wildman–Crippen MR) is 137 cm³/mol. The summed E-state index contributed by atoms with van der Waals surface area (Å²) in [5, 5.41) is 24.1. The highest BCUT2D eigenvalue weighted by Crippen LogP contribution is 2.66. The van der Waals surface area contributed by atoms with Gasteiger partial charge in [0.1, 0.15) is 17.1 Å². The minimum atomic E-state index is -2.24. The molecule has 0 saturated carbocycles. The largest absolute Gasteiger partial charge is 0.459 e. The quantitative estimate of drug-likeness (QED) is 0.479. The number of likely N-dealkylation sites (N-methyl/N-ethyl adjacent to an activating group) is 1. The lowest BCUT2D eigenvalue weighted by atomic mass is 9.54. The minimum absolute atomic E-state index is 0.224. The van der Waals surface area contributed by atoms with Crippen LogP contribution in [0.5, 0.6) is 0 Å². The number of carbonyl (C=O) groups is 3. The standard InChI is InChI=1S/C27H23N5O4S/c1-24(2,3)36-20(33)13-32-19-12-8-5-9-16(19)26(22(32)34)25(14-28,15-29)21(37)30-27(26)17-10-6-7-11-18(17)31(4)23(27)35/h5-12H,13H2,1-4H3,(H,30,37)/t26-,27+/m0/s1. The van der Waals surface area contributed by atoms with Crippen LogP contribution < -0.4 is 15.1 Å². The van der Waals surface area contributed by atoms with Crippen molar-refractivity contribution in [2.24, 2.45) is 5.41 Å². The van der Waals surface area contributed by atoms with Crippen LogP contribution in [0.4, 0.5) is 11.4 Å².